The van der Waals surface area contributed by atoms with Crippen LogP contribution in [-0.4, -0.2) is 84.5 Å². The Bertz CT molecular complexity index is 1830. The van der Waals surface area contributed by atoms with Crippen LogP contribution in [0.4, 0.5) is 31.0 Å². The lowest BCUT2D eigenvalue weighted by atomic mass is 10.0. The molecule has 0 fully saturated rings. The summed E-state index contributed by atoms with van der Waals surface area (Å²) in [4.78, 5) is 43.9. The van der Waals surface area contributed by atoms with Crippen molar-refractivity contribution in [2.24, 2.45) is 5.92 Å². The summed E-state index contributed by atoms with van der Waals surface area (Å²) >= 11 is 0. The standard InChI is InChI=1S/C40H48FN5O6/c1-26-23-46(27(2)25-47)38(48)34-22-32(43-39(49)42-31-17-15-30(41)16-18-31)19-20-36(34)52-28(3)10-7-8-21-51-37(26)24-45(4)40(50)44-35-14-9-12-29-11-5-6-13-33(29)35/h5-6,9,11-20,22,26-28,37,47H,7-8,10,21,23-25H2,1-4H3,(H,44,50)(H2,42,43,49)/t26-,27-,28-,37+/m1/s1. The number of fused-ring (bicyclic) bond motifs is 2. The van der Waals surface area contributed by atoms with Crippen molar-refractivity contribution in [3.05, 3.63) is 96.3 Å². The van der Waals surface area contributed by atoms with Gasteiger partial charge < -0.3 is 40.3 Å². The van der Waals surface area contributed by atoms with Crippen LogP contribution in [0.1, 0.15) is 50.4 Å². The van der Waals surface area contributed by atoms with Gasteiger partial charge in [0, 0.05) is 49.4 Å². The molecule has 0 saturated heterocycles. The Morgan fingerprint density at radius 2 is 1.67 bits per heavy atom. The Labute approximate surface area is 304 Å². The number of hydrogen-bond donors (Lipinski definition) is 4. The number of benzene rings is 4. The molecule has 4 N–H and O–H groups in total. The quantitative estimate of drug-likeness (QED) is 0.156. The highest BCUT2D eigenvalue weighted by atomic mass is 19.1. The molecule has 4 aromatic carbocycles. The number of ether oxygens (including phenoxy) is 2. The first-order chi connectivity index (χ1) is 25.0. The lowest BCUT2D eigenvalue weighted by molar-refractivity contribution is -0.0115. The largest absolute Gasteiger partial charge is 0.490 e. The van der Waals surface area contributed by atoms with E-state index in [4.69, 9.17) is 9.47 Å². The minimum atomic E-state index is -0.572. The lowest BCUT2D eigenvalue weighted by Gasteiger charge is -2.35. The Kier molecular flexibility index (Phi) is 13.0. The Morgan fingerprint density at radius 1 is 0.962 bits per heavy atom. The second kappa shape index (κ2) is 17.8. The molecule has 4 aromatic rings. The third kappa shape index (κ3) is 9.98. The molecule has 4 atom stereocenters. The van der Waals surface area contributed by atoms with E-state index in [0.717, 1.165) is 23.6 Å². The molecule has 1 heterocycles. The molecule has 0 aliphatic carbocycles. The van der Waals surface area contributed by atoms with Gasteiger partial charge in [0.1, 0.15) is 11.6 Å². The maximum absolute atomic E-state index is 14.4. The van der Waals surface area contributed by atoms with Crippen LogP contribution in [0.3, 0.4) is 0 Å². The van der Waals surface area contributed by atoms with Crippen molar-refractivity contribution in [1.29, 1.82) is 0 Å². The molecule has 0 bridgehead atoms. The van der Waals surface area contributed by atoms with Crippen LogP contribution in [0.2, 0.25) is 0 Å². The van der Waals surface area contributed by atoms with Crippen LogP contribution in [0.25, 0.3) is 10.8 Å². The highest BCUT2D eigenvalue weighted by Crippen LogP contribution is 2.29. The number of aliphatic hydroxyl groups excluding tert-OH is 1. The van der Waals surface area contributed by atoms with Crippen LogP contribution < -0.4 is 20.7 Å². The highest BCUT2D eigenvalue weighted by molar-refractivity contribution is 6.03. The van der Waals surface area contributed by atoms with E-state index >= 15 is 0 Å². The molecule has 5 amide bonds. The third-order valence-corrected chi connectivity index (χ3v) is 9.24. The molecule has 11 nitrogen and oxygen atoms in total. The number of urea groups is 2. The average Bonchev–Trinajstić information content (AvgIpc) is 3.13. The molecule has 5 rings (SSSR count). The van der Waals surface area contributed by atoms with E-state index in [1.165, 1.54) is 24.3 Å². The van der Waals surface area contributed by atoms with Gasteiger partial charge in [0.15, 0.2) is 0 Å². The van der Waals surface area contributed by atoms with E-state index in [9.17, 15) is 23.9 Å². The van der Waals surface area contributed by atoms with E-state index in [0.29, 0.717) is 35.8 Å². The number of carbonyl (C=O) groups excluding carboxylic acids is 3. The molecular weight excluding hydrogens is 665 g/mol. The summed E-state index contributed by atoms with van der Waals surface area (Å²) in [5, 5.41) is 20.7. The van der Waals surface area contributed by atoms with Gasteiger partial charge in [-0.3, -0.25) is 4.79 Å². The summed E-state index contributed by atoms with van der Waals surface area (Å²) in [6.45, 7) is 6.31. The first kappa shape index (κ1) is 38.0. The van der Waals surface area contributed by atoms with Crippen LogP contribution in [0, 0.1) is 11.7 Å². The summed E-state index contributed by atoms with van der Waals surface area (Å²) in [6, 6.07) is 22.4. The van der Waals surface area contributed by atoms with E-state index in [1.807, 2.05) is 56.3 Å². The van der Waals surface area contributed by atoms with Crippen LogP contribution in [-0.2, 0) is 4.74 Å². The first-order valence-corrected chi connectivity index (χ1v) is 17.7. The molecule has 0 saturated carbocycles. The van der Waals surface area contributed by atoms with Gasteiger partial charge >= 0.3 is 12.1 Å². The van der Waals surface area contributed by atoms with Crippen molar-refractivity contribution in [3.8, 4) is 5.75 Å². The molecule has 1 aliphatic rings. The topological polar surface area (TPSA) is 132 Å². The highest BCUT2D eigenvalue weighted by Gasteiger charge is 2.31. The number of carbonyl (C=O) groups is 3. The molecule has 0 spiro atoms. The van der Waals surface area contributed by atoms with Gasteiger partial charge in [-0.15, -0.1) is 0 Å². The maximum atomic E-state index is 14.4. The minimum absolute atomic E-state index is 0.210. The fourth-order valence-corrected chi connectivity index (χ4v) is 6.19. The van der Waals surface area contributed by atoms with Crippen molar-refractivity contribution >= 4 is 45.8 Å². The Hall–Kier alpha value is -5.20. The molecule has 0 aromatic heterocycles. The van der Waals surface area contributed by atoms with Gasteiger partial charge in [0.25, 0.3) is 5.91 Å². The normalized spacial score (nSPS) is 19.1. The predicted octanol–water partition coefficient (Wildman–Crippen LogP) is 7.58. The summed E-state index contributed by atoms with van der Waals surface area (Å²) in [6.07, 6.45) is 1.65. The number of halogens is 1. The number of anilines is 3. The van der Waals surface area contributed by atoms with E-state index in [2.05, 4.69) is 16.0 Å². The number of amides is 5. The van der Waals surface area contributed by atoms with Gasteiger partial charge in [-0.2, -0.15) is 0 Å². The van der Waals surface area contributed by atoms with Gasteiger partial charge in [-0.05, 0) is 87.0 Å². The zero-order chi connectivity index (χ0) is 37.2. The van der Waals surface area contributed by atoms with Crippen molar-refractivity contribution < 1.29 is 33.4 Å². The Morgan fingerprint density at radius 3 is 2.44 bits per heavy atom. The van der Waals surface area contributed by atoms with E-state index < -0.39 is 29.9 Å². The molecule has 0 unspecified atom stereocenters. The smallest absolute Gasteiger partial charge is 0.323 e. The SMILES string of the molecule is C[C@@H]1CCCCO[C@@H](CN(C)C(=O)Nc2cccc3ccccc23)[C@H](C)CN([C@H](C)CO)C(=O)c2cc(NC(=O)Nc3ccc(F)cc3)ccc2O1. The summed E-state index contributed by atoms with van der Waals surface area (Å²) in [5.74, 6) is -0.705. The van der Waals surface area contributed by atoms with Crippen LogP contribution in [0.5, 0.6) is 5.75 Å². The predicted molar refractivity (Wildman–Crippen MR) is 202 cm³/mol. The minimum Gasteiger partial charge on any atom is -0.490 e. The fourth-order valence-electron chi connectivity index (χ4n) is 6.19. The monoisotopic (exact) mass is 713 g/mol. The third-order valence-electron chi connectivity index (χ3n) is 9.24. The number of hydrogen-bond acceptors (Lipinski definition) is 6. The molecule has 52 heavy (non-hydrogen) atoms. The zero-order valence-corrected chi connectivity index (χ0v) is 30.1. The number of nitrogens with one attached hydrogen (secondary N) is 3. The van der Waals surface area contributed by atoms with Crippen molar-refractivity contribution in [3.63, 3.8) is 0 Å². The summed E-state index contributed by atoms with van der Waals surface area (Å²) in [7, 11) is 1.72. The molecule has 276 valence electrons. The average molecular weight is 714 g/mol. The van der Waals surface area contributed by atoms with Gasteiger partial charge in [-0.25, -0.2) is 14.0 Å². The van der Waals surface area contributed by atoms with E-state index in [1.54, 1.807) is 42.0 Å². The summed E-state index contributed by atoms with van der Waals surface area (Å²) < 4.78 is 26.0. The number of aliphatic hydroxyl groups is 1. The van der Waals surface area contributed by atoms with E-state index in [-0.39, 0.29) is 43.3 Å². The number of rotatable bonds is 7. The fraction of sp³-hybridized carbons (Fsp3) is 0.375. The van der Waals surface area contributed by atoms with Gasteiger partial charge in [0.05, 0.1) is 36.1 Å². The first-order valence-electron chi connectivity index (χ1n) is 17.7. The molecule has 1 aliphatic heterocycles. The maximum Gasteiger partial charge on any atom is 0.323 e. The van der Waals surface area contributed by atoms with Gasteiger partial charge in [-0.1, -0.05) is 43.3 Å². The molecule has 0 radical (unpaired) electrons. The lowest BCUT2D eigenvalue weighted by Crippen LogP contribution is -2.48. The second-order valence-electron chi connectivity index (χ2n) is 13.4. The van der Waals surface area contributed by atoms with Crippen molar-refractivity contribution in [1.82, 2.24) is 9.80 Å². The molecular formula is C40H48FN5O6. The van der Waals surface area contributed by atoms with Crippen molar-refractivity contribution in [2.75, 3.05) is 49.3 Å². The zero-order valence-electron chi connectivity index (χ0n) is 30.1. The van der Waals surface area contributed by atoms with Gasteiger partial charge in [0.2, 0.25) is 0 Å². The second-order valence-corrected chi connectivity index (χ2v) is 13.4. The summed E-state index contributed by atoms with van der Waals surface area (Å²) in [5.41, 5.74) is 1.67. The molecule has 12 heteroatoms. The number of likely N-dealkylation sites (N-methyl/N-ethyl adjacent to an activating group) is 1. The number of nitrogens with zero attached hydrogens (tertiary/aromatic N) is 2. The van der Waals surface area contributed by atoms with Crippen LogP contribution in [0.15, 0.2) is 84.9 Å². The van der Waals surface area contributed by atoms with Crippen molar-refractivity contribution in [2.45, 2.75) is 58.3 Å². The van der Waals surface area contributed by atoms with Crippen LogP contribution >= 0.6 is 0 Å². The Balaban J connectivity index is 1.36.